The third-order valence-electron chi connectivity index (χ3n) is 3.52. The molecule has 0 spiro atoms. The van der Waals surface area contributed by atoms with E-state index in [1.54, 1.807) is 0 Å². The Morgan fingerprint density at radius 3 is 2.83 bits per heavy atom. The van der Waals surface area contributed by atoms with Crippen molar-refractivity contribution in [2.24, 2.45) is 5.92 Å². The summed E-state index contributed by atoms with van der Waals surface area (Å²) in [6, 6.07) is 1.18. The number of hydrogen-bond acceptors (Lipinski definition) is 2. The van der Waals surface area contributed by atoms with Gasteiger partial charge in [0.1, 0.15) is 0 Å². The van der Waals surface area contributed by atoms with Gasteiger partial charge in [-0.15, -0.1) is 0 Å². The first-order valence-electron chi connectivity index (χ1n) is 5.14. The molecule has 2 aliphatic rings. The number of piperidine rings is 1. The van der Waals surface area contributed by atoms with Gasteiger partial charge >= 0.3 is 0 Å². The molecule has 2 nitrogen and oxygen atoms in total. The summed E-state index contributed by atoms with van der Waals surface area (Å²) in [4.78, 5) is 2.50. The van der Waals surface area contributed by atoms with Crippen molar-refractivity contribution in [1.82, 2.24) is 4.90 Å². The highest BCUT2D eigenvalue weighted by atomic mass is 16.3. The molecule has 2 fully saturated rings. The number of nitrogens with zero attached hydrogens (tertiary/aromatic N) is 1. The van der Waals surface area contributed by atoms with Crippen molar-refractivity contribution in [3.63, 3.8) is 0 Å². The van der Waals surface area contributed by atoms with Crippen LogP contribution < -0.4 is 0 Å². The molecular weight excluding hydrogens is 150 g/mol. The monoisotopic (exact) mass is 169 g/mol. The standard InChI is InChI=1S/C10H19NO/c1-7(8(2)12)11-5-3-4-9-6-10(9)11/h7-10,12H,3-6H2,1-2H3. The number of hydrogen-bond donors (Lipinski definition) is 1. The van der Waals surface area contributed by atoms with Gasteiger partial charge in [0.05, 0.1) is 6.10 Å². The molecule has 1 saturated carbocycles. The van der Waals surface area contributed by atoms with Crippen LogP contribution in [0.4, 0.5) is 0 Å². The zero-order valence-corrected chi connectivity index (χ0v) is 8.03. The van der Waals surface area contributed by atoms with Crippen LogP contribution in [0.1, 0.15) is 33.1 Å². The minimum atomic E-state index is -0.177. The molecule has 0 aromatic rings. The van der Waals surface area contributed by atoms with Crippen LogP contribution in [0.2, 0.25) is 0 Å². The van der Waals surface area contributed by atoms with Crippen molar-refractivity contribution < 1.29 is 5.11 Å². The molecule has 1 aliphatic heterocycles. The van der Waals surface area contributed by atoms with Gasteiger partial charge in [0.15, 0.2) is 0 Å². The summed E-state index contributed by atoms with van der Waals surface area (Å²) in [5.41, 5.74) is 0. The summed E-state index contributed by atoms with van der Waals surface area (Å²) >= 11 is 0. The molecule has 1 saturated heterocycles. The number of aliphatic hydroxyl groups excluding tert-OH is 1. The molecule has 0 aromatic heterocycles. The van der Waals surface area contributed by atoms with Gasteiger partial charge in [-0.3, -0.25) is 4.90 Å². The van der Waals surface area contributed by atoms with Gasteiger partial charge in [0.2, 0.25) is 0 Å². The third-order valence-corrected chi connectivity index (χ3v) is 3.52. The molecule has 1 aliphatic carbocycles. The van der Waals surface area contributed by atoms with Crippen LogP contribution in [0.15, 0.2) is 0 Å². The van der Waals surface area contributed by atoms with Gasteiger partial charge in [-0.2, -0.15) is 0 Å². The molecule has 2 rings (SSSR count). The van der Waals surface area contributed by atoms with Gasteiger partial charge in [-0.1, -0.05) is 0 Å². The average molecular weight is 169 g/mol. The first kappa shape index (κ1) is 8.52. The van der Waals surface area contributed by atoms with E-state index in [1.165, 1.54) is 25.8 Å². The van der Waals surface area contributed by atoms with Gasteiger partial charge in [-0.25, -0.2) is 0 Å². The van der Waals surface area contributed by atoms with Crippen molar-refractivity contribution in [2.75, 3.05) is 6.54 Å². The summed E-state index contributed by atoms with van der Waals surface area (Å²) in [6.07, 6.45) is 3.97. The van der Waals surface area contributed by atoms with E-state index in [9.17, 15) is 5.11 Å². The lowest BCUT2D eigenvalue weighted by Crippen LogP contribution is -2.44. The topological polar surface area (TPSA) is 23.5 Å². The summed E-state index contributed by atoms with van der Waals surface area (Å²) in [7, 11) is 0. The van der Waals surface area contributed by atoms with E-state index in [2.05, 4.69) is 11.8 Å². The Kier molecular flexibility index (Phi) is 2.13. The molecule has 12 heavy (non-hydrogen) atoms. The van der Waals surface area contributed by atoms with Gasteiger partial charge in [0.25, 0.3) is 0 Å². The lowest BCUT2D eigenvalue weighted by atomic mass is 10.1. The van der Waals surface area contributed by atoms with Crippen LogP contribution in [0, 0.1) is 5.92 Å². The predicted octanol–water partition coefficient (Wildman–Crippen LogP) is 1.24. The van der Waals surface area contributed by atoms with Crippen LogP contribution in [-0.4, -0.2) is 34.7 Å². The smallest absolute Gasteiger partial charge is 0.0664 e. The highest BCUT2D eigenvalue weighted by Crippen LogP contribution is 2.44. The largest absolute Gasteiger partial charge is 0.392 e. The predicted molar refractivity (Wildman–Crippen MR) is 49.0 cm³/mol. The average Bonchev–Trinajstić information content (AvgIpc) is 2.80. The van der Waals surface area contributed by atoms with Crippen molar-refractivity contribution >= 4 is 0 Å². The van der Waals surface area contributed by atoms with Crippen LogP contribution >= 0.6 is 0 Å². The quantitative estimate of drug-likeness (QED) is 0.672. The van der Waals surface area contributed by atoms with Crippen LogP contribution in [0.5, 0.6) is 0 Å². The summed E-state index contributed by atoms with van der Waals surface area (Å²) in [5.74, 6) is 0.972. The van der Waals surface area contributed by atoms with Crippen molar-refractivity contribution in [1.29, 1.82) is 0 Å². The lowest BCUT2D eigenvalue weighted by molar-refractivity contribution is 0.0525. The first-order valence-corrected chi connectivity index (χ1v) is 5.14. The van der Waals surface area contributed by atoms with E-state index in [0.29, 0.717) is 6.04 Å². The molecule has 4 atom stereocenters. The Labute approximate surface area is 74.6 Å². The minimum Gasteiger partial charge on any atom is -0.392 e. The lowest BCUT2D eigenvalue weighted by Gasteiger charge is -2.34. The fourth-order valence-electron chi connectivity index (χ4n) is 2.43. The van der Waals surface area contributed by atoms with Crippen LogP contribution in [0.3, 0.4) is 0 Å². The van der Waals surface area contributed by atoms with E-state index in [4.69, 9.17) is 0 Å². The van der Waals surface area contributed by atoms with Crippen molar-refractivity contribution in [3.05, 3.63) is 0 Å². The highest BCUT2D eigenvalue weighted by molar-refractivity contribution is 5.00. The molecule has 1 heterocycles. The normalized spacial score (nSPS) is 40.2. The first-order chi connectivity index (χ1) is 5.70. The molecule has 0 amide bonds. The van der Waals surface area contributed by atoms with Gasteiger partial charge < -0.3 is 5.11 Å². The second kappa shape index (κ2) is 3.00. The molecular formula is C10H19NO. The van der Waals surface area contributed by atoms with E-state index in [0.717, 1.165) is 12.0 Å². The second-order valence-electron chi connectivity index (χ2n) is 4.42. The molecule has 1 N–H and O–H groups in total. The van der Waals surface area contributed by atoms with Crippen LogP contribution in [-0.2, 0) is 0 Å². The Hall–Kier alpha value is -0.0800. The molecule has 0 aromatic carbocycles. The Morgan fingerprint density at radius 1 is 1.42 bits per heavy atom. The number of rotatable bonds is 2. The zero-order chi connectivity index (χ0) is 8.72. The van der Waals surface area contributed by atoms with Crippen molar-refractivity contribution in [3.8, 4) is 0 Å². The molecule has 70 valence electrons. The Morgan fingerprint density at radius 2 is 2.17 bits per heavy atom. The highest BCUT2D eigenvalue weighted by Gasteiger charge is 2.45. The molecule has 0 radical (unpaired) electrons. The number of aliphatic hydroxyl groups is 1. The second-order valence-corrected chi connectivity index (χ2v) is 4.42. The summed E-state index contributed by atoms with van der Waals surface area (Å²) in [5, 5.41) is 9.47. The molecule has 0 bridgehead atoms. The van der Waals surface area contributed by atoms with E-state index in [1.807, 2.05) is 6.92 Å². The fraction of sp³-hybridized carbons (Fsp3) is 1.00. The summed E-state index contributed by atoms with van der Waals surface area (Å²) < 4.78 is 0. The van der Waals surface area contributed by atoms with E-state index < -0.39 is 0 Å². The zero-order valence-electron chi connectivity index (χ0n) is 8.03. The third kappa shape index (κ3) is 1.38. The summed E-state index contributed by atoms with van der Waals surface area (Å²) in [6.45, 7) is 5.25. The number of fused-ring (bicyclic) bond motifs is 1. The van der Waals surface area contributed by atoms with Crippen molar-refractivity contribution in [2.45, 2.75) is 51.3 Å². The minimum absolute atomic E-state index is 0.177. The van der Waals surface area contributed by atoms with E-state index >= 15 is 0 Å². The maximum absolute atomic E-state index is 9.47. The fourth-order valence-corrected chi connectivity index (χ4v) is 2.43. The van der Waals surface area contributed by atoms with Crippen LogP contribution in [0.25, 0.3) is 0 Å². The maximum Gasteiger partial charge on any atom is 0.0664 e. The molecule has 2 heteroatoms. The van der Waals surface area contributed by atoms with E-state index in [-0.39, 0.29) is 6.10 Å². The molecule has 4 unspecified atom stereocenters. The SMILES string of the molecule is CC(O)C(C)N1CCCC2CC21. The Bertz CT molecular complexity index is 169. The number of likely N-dealkylation sites (tertiary alicyclic amines) is 1. The maximum atomic E-state index is 9.47. The van der Waals surface area contributed by atoms with Gasteiger partial charge in [0, 0.05) is 12.1 Å². The van der Waals surface area contributed by atoms with Gasteiger partial charge in [-0.05, 0) is 45.6 Å². The Balaban J connectivity index is 1.94.